The second-order valence-electron chi connectivity index (χ2n) is 3.01. The fraction of sp³-hybridized carbons (Fsp3) is 0.400. The maximum Gasteiger partial charge on any atom is 0.164 e. The molecule has 0 amide bonds. The molecular weight excluding hydrogens is 200 g/mol. The number of halogens is 1. The van der Waals surface area contributed by atoms with Crippen molar-refractivity contribution in [1.82, 2.24) is 9.82 Å². The Morgan fingerprint density at radius 2 is 2.36 bits per heavy atom. The van der Waals surface area contributed by atoms with Gasteiger partial charge in [0.15, 0.2) is 5.78 Å². The molecule has 0 fully saturated rings. The molecule has 0 aliphatic rings. The van der Waals surface area contributed by atoms with Crippen LogP contribution in [0.5, 0.6) is 0 Å². The molecule has 1 heterocycles. The lowest BCUT2D eigenvalue weighted by Crippen LogP contribution is -2.03. The Bertz CT molecular complexity index is 277. The Labute approximate surface area is 88.6 Å². The highest BCUT2D eigenvalue weighted by Gasteiger charge is 2.04. The largest absolute Gasteiger partial charge is 0.294 e. The zero-order valence-corrected chi connectivity index (χ0v) is 8.63. The minimum absolute atomic E-state index is 0.146. The molecule has 0 saturated carbocycles. The first-order valence-corrected chi connectivity index (χ1v) is 4.99. The van der Waals surface area contributed by atoms with Crippen LogP contribution in [0.15, 0.2) is 24.5 Å². The van der Waals surface area contributed by atoms with Crippen LogP contribution in [0.3, 0.4) is 0 Å². The van der Waals surface area contributed by atoms with Gasteiger partial charge in [0.25, 0.3) is 0 Å². The summed E-state index contributed by atoms with van der Waals surface area (Å²) in [5, 5.41) is 0. The summed E-state index contributed by atoms with van der Waals surface area (Å²) in [6.45, 7) is 0.738. The van der Waals surface area contributed by atoms with Gasteiger partial charge in [0, 0.05) is 30.9 Å². The topological polar surface area (TPSA) is 42.0 Å². The summed E-state index contributed by atoms with van der Waals surface area (Å²) in [7, 11) is 0. The summed E-state index contributed by atoms with van der Waals surface area (Å²) in [6, 6.07) is 3.56. The van der Waals surface area contributed by atoms with Crippen molar-refractivity contribution >= 4 is 17.6 Å². The normalized spacial score (nSPS) is 10.1. The molecule has 0 aliphatic heterocycles. The molecule has 3 nitrogen and oxygen atoms in total. The zero-order chi connectivity index (χ0) is 10.2. The molecule has 0 spiro atoms. The molecular formula is C10H13ClN2O. The first kappa shape index (κ1) is 11.1. The lowest BCUT2D eigenvalue weighted by atomic mass is 10.1. The van der Waals surface area contributed by atoms with Crippen molar-refractivity contribution in [2.24, 2.45) is 0 Å². The number of pyridine rings is 1. The lowest BCUT2D eigenvalue weighted by molar-refractivity contribution is 0.0979. The van der Waals surface area contributed by atoms with E-state index in [1.54, 1.807) is 24.5 Å². The predicted octanol–water partition coefficient (Wildman–Crippen LogP) is 2.18. The number of rotatable bonds is 6. The highest BCUT2D eigenvalue weighted by molar-refractivity contribution is 6.13. The van der Waals surface area contributed by atoms with Crippen LogP contribution in [-0.2, 0) is 0 Å². The SMILES string of the molecule is O=C(CCCCNCl)c1cccnc1. The number of aromatic nitrogens is 1. The van der Waals surface area contributed by atoms with E-state index in [9.17, 15) is 4.79 Å². The second-order valence-corrected chi connectivity index (χ2v) is 3.27. The van der Waals surface area contributed by atoms with Crippen molar-refractivity contribution in [1.29, 1.82) is 0 Å². The monoisotopic (exact) mass is 212 g/mol. The summed E-state index contributed by atoms with van der Waals surface area (Å²) in [5.41, 5.74) is 0.686. The minimum atomic E-state index is 0.146. The molecule has 76 valence electrons. The number of Topliss-reactive ketones (excluding diaryl/α,β-unsaturated/α-hetero) is 1. The molecule has 4 heteroatoms. The van der Waals surface area contributed by atoms with Crippen LogP contribution < -0.4 is 4.84 Å². The quantitative estimate of drug-likeness (QED) is 0.447. The highest BCUT2D eigenvalue weighted by atomic mass is 35.5. The average molecular weight is 213 g/mol. The predicted molar refractivity (Wildman–Crippen MR) is 56.3 cm³/mol. The number of nitrogens with one attached hydrogen (secondary N) is 1. The lowest BCUT2D eigenvalue weighted by Gasteiger charge is -1.99. The van der Waals surface area contributed by atoms with Gasteiger partial charge in [-0.05, 0) is 36.8 Å². The number of hydrogen-bond acceptors (Lipinski definition) is 3. The molecule has 0 unspecified atom stereocenters. The number of unbranched alkanes of at least 4 members (excludes halogenated alkanes) is 1. The molecule has 14 heavy (non-hydrogen) atoms. The Morgan fingerprint density at radius 1 is 1.50 bits per heavy atom. The molecule has 0 bridgehead atoms. The van der Waals surface area contributed by atoms with E-state index in [-0.39, 0.29) is 5.78 Å². The van der Waals surface area contributed by atoms with Gasteiger partial charge >= 0.3 is 0 Å². The first-order valence-electron chi connectivity index (χ1n) is 4.61. The van der Waals surface area contributed by atoms with Crippen molar-refractivity contribution in [3.8, 4) is 0 Å². The summed E-state index contributed by atoms with van der Waals surface area (Å²) < 4.78 is 0. The first-order chi connectivity index (χ1) is 6.84. The molecule has 0 aliphatic carbocycles. The van der Waals surface area contributed by atoms with Crippen LogP contribution >= 0.6 is 11.8 Å². The third-order valence-electron chi connectivity index (χ3n) is 1.91. The molecule has 0 saturated heterocycles. The van der Waals surface area contributed by atoms with E-state index in [1.807, 2.05) is 0 Å². The van der Waals surface area contributed by atoms with Crippen molar-refractivity contribution in [3.63, 3.8) is 0 Å². The molecule has 1 N–H and O–H groups in total. The number of carbonyl (C=O) groups excluding carboxylic acids is 1. The Balaban J connectivity index is 2.29. The van der Waals surface area contributed by atoms with E-state index < -0.39 is 0 Å². The van der Waals surface area contributed by atoms with Gasteiger partial charge in [-0.15, -0.1) is 0 Å². The fourth-order valence-corrected chi connectivity index (χ4v) is 1.28. The molecule has 1 aromatic rings. The van der Waals surface area contributed by atoms with E-state index in [1.165, 1.54) is 0 Å². The highest BCUT2D eigenvalue weighted by Crippen LogP contribution is 2.04. The molecule has 0 aromatic carbocycles. The van der Waals surface area contributed by atoms with Gasteiger partial charge in [-0.2, -0.15) is 0 Å². The van der Waals surface area contributed by atoms with Crippen LogP contribution in [0.4, 0.5) is 0 Å². The van der Waals surface area contributed by atoms with Gasteiger partial charge in [-0.25, -0.2) is 4.84 Å². The number of nitrogens with zero attached hydrogens (tertiary/aromatic N) is 1. The third-order valence-corrected chi connectivity index (χ3v) is 2.10. The smallest absolute Gasteiger partial charge is 0.164 e. The summed E-state index contributed by atoms with van der Waals surface area (Å²) >= 11 is 5.29. The Morgan fingerprint density at radius 3 is 3.00 bits per heavy atom. The third kappa shape index (κ3) is 3.85. The fourth-order valence-electron chi connectivity index (χ4n) is 1.15. The standard InChI is InChI=1S/C10H13ClN2O/c11-13-7-2-1-5-10(14)9-4-3-6-12-8-9/h3-4,6,8,13H,1-2,5,7H2. The molecule has 1 aromatic heterocycles. The van der Waals surface area contributed by atoms with Crippen molar-refractivity contribution in [2.75, 3.05) is 6.54 Å². The van der Waals surface area contributed by atoms with Crippen LogP contribution in [0, 0.1) is 0 Å². The van der Waals surface area contributed by atoms with Gasteiger partial charge < -0.3 is 0 Å². The summed E-state index contributed by atoms with van der Waals surface area (Å²) in [5.74, 6) is 0.146. The van der Waals surface area contributed by atoms with Crippen molar-refractivity contribution in [3.05, 3.63) is 30.1 Å². The second kappa shape index (κ2) is 6.51. The van der Waals surface area contributed by atoms with E-state index in [0.717, 1.165) is 19.4 Å². The van der Waals surface area contributed by atoms with E-state index in [0.29, 0.717) is 12.0 Å². The minimum Gasteiger partial charge on any atom is -0.294 e. The maximum absolute atomic E-state index is 11.5. The van der Waals surface area contributed by atoms with Crippen molar-refractivity contribution in [2.45, 2.75) is 19.3 Å². The van der Waals surface area contributed by atoms with Gasteiger partial charge in [0.1, 0.15) is 0 Å². The van der Waals surface area contributed by atoms with E-state index in [4.69, 9.17) is 11.8 Å². The molecule has 0 atom stereocenters. The van der Waals surface area contributed by atoms with Crippen LogP contribution in [-0.4, -0.2) is 17.3 Å². The van der Waals surface area contributed by atoms with Crippen LogP contribution in [0.1, 0.15) is 29.6 Å². The summed E-state index contributed by atoms with van der Waals surface area (Å²) in [6.07, 6.45) is 5.59. The molecule has 0 radical (unpaired) electrons. The number of hydrogen-bond donors (Lipinski definition) is 1. The number of carbonyl (C=O) groups is 1. The van der Waals surface area contributed by atoms with Gasteiger partial charge in [-0.1, -0.05) is 0 Å². The van der Waals surface area contributed by atoms with Crippen LogP contribution in [0.2, 0.25) is 0 Å². The number of ketones is 1. The molecule has 1 rings (SSSR count). The average Bonchev–Trinajstić information content (AvgIpc) is 2.25. The van der Waals surface area contributed by atoms with Gasteiger partial charge in [0.2, 0.25) is 0 Å². The van der Waals surface area contributed by atoms with E-state index in [2.05, 4.69) is 9.82 Å². The van der Waals surface area contributed by atoms with Crippen LogP contribution in [0.25, 0.3) is 0 Å². The maximum atomic E-state index is 11.5. The van der Waals surface area contributed by atoms with Crippen molar-refractivity contribution < 1.29 is 4.79 Å². The van der Waals surface area contributed by atoms with E-state index >= 15 is 0 Å². The Kier molecular flexibility index (Phi) is 5.19. The zero-order valence-electron chi connectivity index (χ0n) is 7.87. The van der Waals surface area contributed by atoms with Gasteiger partial charge in [-0.3, -0.25) is 9.78 Å². The Hall–Kier alpha value is -0.930. The summed E-state index contributed by atoms with van der Waals surface area (Å²) in [4.78, 5) is 17.9. The van der Waals surface area contributed by atoms with Gasteiger partial charge in [0.05, 0.1) is 0 Å².